The lowest BCUT2D eigenvalue weighted by atomic mass is 10.1. The number of aliphatic hydroxyl groups is 2. The van der Waals surface area contributed by atoms with E-state index in [-0.39, 0.29) is 54.9 Å². The summed E-state index contributed by atoms with van der Waals surface area (Å²) in [6.45, 7) is 0.870. The van der Waals surface area contributed by atoms with Gasteiger partial charge in [-0.2, -0.15) is 0 Å². The molecular formula is C27H28FN5O5. The van der Waals surface area contributed by atoms with Gasteiger partial charge in [0.05, 0.1) is 19.8 Å². The molecule has 4 aromatic rings. The van der Waals surface area contributed by atoms with Crippen molar-refractivity contribution < 1.29 is 19.4 Å². The quantitative estimate of drug-likeness (QED) is 0.264. The number of anilines is 1. The first kappa shape index (κ1) is 25.6. The van der Waals surface area contributed by atoms with E-state index < -0.39 is 22.5 Å². The minimum Gasteiger partial charge on any atom is -0.396 e. The maximum Gasteiger partial charge on any atom is 0.333 e. The van der Waals surface area contributed by atoms with Crippen LogP contribution in [0.2, 0.25) is 0 Å². The summed E-state index contributed by atoms with van der Waals surface area (Å²) in [7, 11) is 0. The second-order valence-corrected chi connectivity index (χ2v) is 9.89. The molecule has 0 spiro atoms. The highest BCUT2D eigenvalue weighted by Crippen LogP contribution is 2.52. The van der Waals surface area contributed by atoms with Crippen LogP contribution in [-0.4, -0.2) is 48.4 Å². The molecule has 1 unspecified atom stereocenters. The first-order valence-corrected chi connectivity index (χ1v) is 12.3. The van der Waals surface area contributed by atoms with Gasteiger partial charge in [-0.25, -0.2) is 14.2 Å². The molecule has 1 fully saturated rings. The molecule has 1 amide bonds. The molecule has 1 aliphatic rings. The normalized spacial score (nSPS) is 16.1. The fourth-order valence-corrected chi connectivity index (χ4v) is 4.85. The zero-order chi connectivity index (χ0) is 27.0. The molecule has 38 heavy (non-hydrogen) atoms. The van der Waals surface area contributed by atoms with E-state index in [1.807, 2.05) is 12.1 Å². The Kier molecular flexibility index (Phi) is 6.72. The van der Waals surface area contributed by atoms with E-state index in [4.69, 9.17) is 0 Å². The molecule has 0 radical (unpaired) electrons. The third kappa shape index (κ3) is 4.77. The van der Waals surface area contributed by atoms with Gasteiger partial charge in [0, 0.05) is 36.6 Å². The van der Waals surface area contributed by atoms with E-state index in [1.54, 1.807) is 18.2 Å². The van der Waals surface area contributed by atoms with Gasteiger partial charge in [0.2, 0.25) is 5.91 Å². The van der Waals surface area contributed by atoms with Crippen LogP contribution in [0.15, 0.2) is 58.1 Å². The van der Waals surface area contributed by atoms with Gasteiger partial charge in [0.15, 0.2) is 5.65 Å². The molecule has 198 valence electrons. The summed E-state index contributed by atoms with van der Waals surface area (Å²) < 4.78 is 16.7. The summed E-state index contributed by atoms with van der Waals surface area (Å²) in [6.07, 6.45) is 0.856. The summed E-state index contributed by atoms with van der Waals surface area (Å²) in [4.78, 5) is 45.8. The summed E-state index contributed by atoms with van der Waals surface area (Å²) in [6, 6.07) is 13.1. The lowest BCUT2D eigenvalue weighted by Gasteiger charge is -2.14. The predicted octanol–water partition coefficient (Wildman–Crippen LogP) is 1.61. The van der Waals surface area contributed by atoms with Crippen molar-refractivity contribution in [1.82, 2.24) is 19.1 Å². The molecule has 4 N–H and O–H groups in total. The number of hydrogen-bond acceptors (Lipinski definition) is 6. The maximum atomic E-state index is 14.4. The second-order valence-electron chi connectivity index (χ2n) is 9.89. The molecule has 10 nitrogen and oxygen atoms in total. The van der Waals surface area contributed by atoms with Gasteiger partial charge in [0.25, 0.3) is 5.56 Å². The van der Waals surface area contributed by atoms with E-state index in [2.05, 4.69) is 15.3 Å². The predicted molar refractivity (Wildman–Crippen MR) is 138 cm³/mol. The van der Waals surface area contributed by atoms with Gasteiger partial charge >= 0.3 is 5.69 Å². The Hall–Kier alpha value is -4.09. The Morgan fingerprint density at radius 2 is 1.84 bits per heavy atom. The summed E-state index contributed by atoms with van der Waals surface area (Å²) in [5.74, 6) is -0.436. The minimum absolute atomic E-state index is 0.116. The molecule has 0 bridgehead atoms. The third-order valence-electron chi connectivity index (χ3n) is 7.23. The first-order valence-electron chi connectivity index (χ1n) is 12.3. The second kappa shape index (κ2) is 9.99. The van der Waals surface area contributed by atoms with Crippen molar-refractivity contribution in [3.05, 3.63) is 92.1 Å². The van der Waals surface area contributed by atoms with Crippen molar-refractivity contribution in [2.75, 3.05) is 18.5 Å². The Morgan fingerprint density at radius 1 is 1.13 bits per heavy atom. The van der Waals surface area contributed by atoms with Crippen molar-refractivity contribution in [1.29, 1.82) is 0 Å². The van der Waals surface area contributed by atoms with E-state index in [0.29, 0.717) is 24.4 Å². The van der Waals surface area contributed by atoms with Gasteiger partial charge in [-0.3, -0.25) is 18.7 Å². The Labute approximate surface area is 216 Å². The number of rotatable bonds is 9. The summed E-state index contributed by atoms with van der Waals surface area (Å²) in [5, 5.41) is 22.2. The number of aromatic amines is 1. The minimum atomic E-state index is -0.687. The number of amides is 1. The van der Waals surface area contributed by atoms with E-state index in [1.165, 1.54) is 29.7 Å². The van der Waals surface area contributed by atoms with Crippen molar-refractivity contribution in [3.63, 3.8) is 0 Å². The topological polar surface area (TPSA) is 142 Å². The maximum absolute atomic E-state index is 14.4. The van der Waals surface area contributed by atoms with E-state index in [0.717, 1.165) is 10.1 Å². The van der Waals surface area contributed by atoms with Gasteiger partial charge in [0.1, 0.15) is 17.2 Å². The monoisotopic (exact) mass is 521 g/mol. The Bertz CT molecular complexity index is 1620. The highest BCUT2D eigenvalue weighted by atomic mass is 19.1. The molecule has 1 aliphatic carbocycles. The summed E-state index contributed by atoms with van der Waals surface area (Å²) >= 11 is 0. The SMILES string of the molecule is CC(=O)Nc1ccc(Cc2nc3c([nH]2)c(=O)n(Cc2ccccc2F)c(=O)n3CC2CC2(CO)CO)cc1. The molecule has 0 saturated heterocycles. The molecule has 2 aromatic carbocycles. The fraction of sp³-hybridized carbons (Fsp3) is 0.333. The highest BCUT2D eigenvalue weighted by molar-refractivity contribution is 5.88. The smallest absolute Gasteiger partial charge is 0.333 e. The van der Waals surface area contributed by atoms with Crippen LogP contribution in [0.25, 0.3) is 11.2 Å². The van der Waals surface area contributed by atoms with Crippen molar-refractivity contribution in [2.24, 2.45) is 11.3 Å². The average Bonchev–Trinajstić information content (AvgIpc) is 3.45. The van der Waals surface area contributed by atoms with Gasteiger partial charge in [-0.1, -0.05) is 30.3 Å². The van der Waals surface area contributed by atoms with Crippen LogP contribution in [0.3, 0.4) is 0 Å². The lowest BCUT2D eigenvalue weighted by Crippen LogP contribution is -2.41. The number of nitrogens with one attached hydrogen (secondary N) is 2. The van der Waals surface area contributed by atoms with Gasteiger partial charge < -0.3 is 20.5 Å². The van der Waals surface area contributed by atoms with Crippen molar-refractivity contribution >= 4 is 22.8 Å². The van der Waals surface area contributed by atoms with Crippen molar-refractivity contribution in [2.45, 2.75) is 32.9 Å². The number of imidazole rings is 1. The number of benzene rings is 2. The molecule has 1 saturated carbocycles. The van der Waals surface area contributed by atoms with Crippen LogP contribution < -0.4 is 16.6 Å². The molecule has 11 heteroatoms. The molecule has 0 aliphatic heterocycles. The third-order valence-corrected chi connectivity index (χ3v) is 7.23. The molecular weight excluding hydrogens is 493 g/mol. The Morgan fingerprint density at radius 3 is 2.47 bits per heavy atom. The number of aliphatic hydroxyl groups excluding tert-OH is 2. The number of aromatic nitrogens is 4. The van der Waals surface area contributed by atoms with Crippen LogP contribution in [0.5, 0.6) is 0 Å². The lowest BCUT2D eigenvalue weighted by molar-refractivity contribution is -0.114. The van der Waals surface area contributed by atoms with Gasteiger partial charge in [-0.15, -0.1) is 0 Å². The zero-order valence-electron chi connectivity index (χ0n) is 20.8. The Balaban J connectivity index is 1.56. The number of fused-ring (bicyclic) bond motifs is 1. The van der Waals surface area contributed by atoms with Crippen LogP contribution >= 0.6 is 0 Å². The van der Waals surface area contributed by atoms with Crippen LogP contribution in [0.1, 0.15) is 30.3 Å². The fourth-order valence-electron chi connectivity index (χ4n) is 4.85. The average molecular weight is 522 g/mol. The number of H-pyrrole nitrogens is 1. The van der Waals surface area contributed by atoms with Crippen LogP contribution in [0.4, 0.5) is 10.1 Å². The largest absolute Gasteiger partial charge is 0.396 e. The summed E-state index contributed by atoms with van der Waals surface area (Å²) in [5.41, 5.74) is 0.0553. The number of carbonyl (C=O) groups is 1. The number of hydrogen-bond donors (Lipinski definition) is 4. The van der Waals surface area contributed by atoms with Crippen LogP contribution in [0, 0.1) is 17.2 Å². The number of nitrogens with zero attached hydrogens (tertiary/aromatic N) is 3. The molecule has 2 aromatic heterocycles. The molecule has 5 rings (SSSR count). The first-order chi connectivity index (χ1) is 18.2. The number of carbonyl (C=O) groups excluding carboxylic acids is 1. The van der Waals surface area contributed by atoms with Crippen molar-refractivity contribution in [3.8, 4) is 0 Å². The van der Waals surface area contributed by atoms with Gasteiger partial charge in [-0.05, 0) is 36.1 Å². The number of halogens is 1. The van der Waals surface area contributed by atoms with E-state index >= 15 is 0 Å². The van der Waals surface area contributed by atoms with E-state index in [9.17, 15) is 29.0 Å². The standard InChI is InChI=1S/C27H28FN5O5/c1-16(36)29-20-8-6-17(7-9-20)10-22-30-23-24(31-22)32(13-19-11-27(19,14-34)15-35)26(38)33(25(23)37)12-18-4-2-3-5-21(18)28/h2-9,19,34-35H,10-15H2,1H3,(H,29,36)(H,30,31). The highest BCUT2D eigenvalue weighted by Gasteiger charge is 2.53. The van der Waals surface area contributed by atoms with Crippen LogP contribution in [-0.2, 0) is 24.3 Å². The zero-order valence-corrected chi connectivity index (χ0v) is 20.8. The molecule has 1 atom stereocenters. The molecule has 2 heterocycles.